The second-order valence-electron chi connectivity index (χ2n) is 9.68. The van der Waals surface area contributed by atoms with E-state index in [0.717, 1.165) is 0 Å². The smallest absolute Gasteiger partial charge is 0.325 e. The molecule has 1 aromatic heterocycles. The number of rotatable bonds is 8. The molecule has 3 rings (SSSR count). The van der Waals surface area contributed by atoms with Gasteiger partial charge in [-0.05, 0) is 57.0 Å². The highest BCUT2D eigenvalue weighted by Crippen LogP contribution is 2.30. The first-order chi connectivity index (χ1) is 17.3. The van der Waals surface area contributed by atoms with Crippen LogP contribution < -0.4 is 21.5 Å². The molecule has 0 fully saturated rings. The number of esters is 1. The Kier molecular flexibility index (Phi) is 8.72. The number of hydrogen-bond donors (Lipinski definition) is 4. The van der Waals surface area contributed by atoms with E-state index in [2.05, 4.69) is 15.0 Å². The number of nitrogens with zero attached hydrogens (tertiary/aromatic N) is 1. The predicted octanol–water partition coefficient (Wildman–Crippen LogP) is 4.87. The van der Waals surface area contributed by atoms with Gasteiger partial charge in [0.05, 0.1) is 33.9 Å². The Morgan fingerprint density at radius 1 is 1.22 bits per heavy atom. The molecule has 1 amide bonds. The average molecular weight is 550 g/mol. The molecule has 198 valence electrons. The molecule has 0 aliphatic carbocycles. The third-order valence-electron chi connectivity index (χ3n) is 5.50. The number of nitrogens with two attached hydrogens (primary N) is 1. The normalized spacial score (nSPS) is 13.1. The lowest BCUT2D eigenvalue weighted by Crippen LogP contribution is -2.42. The molecule has 5 N–H and O–H groups in total. The highest BCUT2D eigenvalue weighted by Gasteiger charge is 2.33. The number of nitrogens with one attached hydrogen (secondary N) is 3. The van der Waals surface area contributed by atoms with Crippen LogP contribution in [-0.4, -0.2) is 27.4 Å². The summed E-state index contributed by atoms with van der Waals surface area (Å²) >= 11 is 6.70. The number of carbonyl (C=O) groups is 2. The van der Waals surface area contributed by atoms with Crippen LogP contribution in [-0.2, 0) is 21.6 Å². The largest absolute Gasteiger partial charge is 0.463 e. The minimum atomic E-state index is -1.11. The van der Waals surface area contributed by atoms with E-state index in [1.807, 2.05) is 0 Å². The van der Waals surface area contributed by atoms with Crippen LogP contribution in [0, 0.1) is 11.2 Å². The van der Waals surface area contributed by atoms with Gasteiger partial charge < -0.3 is 20.8 Å². The van der Waals surface area contributed by atoms with Crippen molar-refractivity contribution >= 4 is 46.1 Å². The van der Waals surface area contributed by atoms with E-state index in [-0.39, 0.29) is 23.9 Å². The lowest BCUT2D eigenvalue weighted by Gasteiger charge is -2.31. The minimum Gasteiger partial charge on any atom is -0.463 e. The van der Waals surface area contributed by atoms with Crippen LogP contribution >= 0.6 is 23.5 Å². The monoisotopic (exact) mass is 549 g/mol. The summed E-state index contributed by atoms with van der Waals surface area (Å²) in [6, 6.07) is 9.22. The Morgan fingerprint density at radius 2 is 1.95 bits per heavy atom. The van der Waals surface area contributed by atoms with E-state index in [1.165, 1.54) is 29.0 Å². The number of amides is 1. The number of halogens is 2. The Hall–Kier alpha value is -3.28. The first-order valence-corrected chi connectivity index (χ1v) is 12.5. The molecule has 0 aliphatic heterocycles. The summed E-state index contributed by atoms with van der Waals surface area (Å²) < 4.78 is 23.8. The van der Waals surface area contributed by atoms with Gasteiger partial charge in [0.15, 0.2) is 0 Å². The van der Waals surface area contributed by atoms with Crippen molar-refractivity contribution in [2.24, 2.45) is 5.41 Å². The summed E-state index contributed by atoms with van der Waals surface area (Å²) in [6.07, 6.45) is 3.10. The number of ether oxygens (including phenoxy) is 1. The van der Waals surface area contributed by atoms with E-state index in [1.54, 1.807) is 52.1 Å². The second-order valence-corrected chi connectivity index (χ2v) is 10.9. The minimum absolute atomic E-state index is 0.108. The van der Waals surface area contributed by atoms with Crippen molar-refractivity contribution < 1.29 is 18.7 Å². The van der Waals surface area contributed by atoms with Crippen LogP contribution in [0.4, 0.5) is 20.6 Å². The van der Waals surface area contributed by atoms with Crippen LogP contribution in [0.15, 0.2) is 53.6 Å². The molecule has 1 unspecified atom stereocenters. The number of H-pyrrole nitrogens is 1. The lowest BCUT2D eigenvalue weighted by molar-refractivity contribution is -0.155. The van der Waals surface area contributed by atoms with Gasteiger partial charge in [-0.15, -0.1) is 0 Å². The molecule has 0 saturated carbocycles. The summed E-state index contributed by atoms with van der Waals surface area (Å²) in [4.78, 5) is 39.8. The number of para-hydroxylation sites is 1. The van der Waals surface area contributed by atoms with Crippen LogP contribution in [0.25, 0.3) is 0 Å². The Balaban J connectivity index is 1.79. The van der Waals surface area contributed by atoms with Crippen molar-refractivity contribution in [2.75, 3.05) is 17.7 Å². The summed E-state index contributed by atoms with van der Waals surface area (Å²) in [6.45, 7) is 6.91. The molecule has 12 heteroatoms. The number of aromatic amines is 1. The first kappa shape index (κ1) is 28.3. The maximum Gasteiger partial charge on any atom is 0.325 e. The molecule has 1 heterocycles. The first-order valence-electron chi connectivity index (χ1n) is 11.3. The molecular formula is C25H29ClFN5O4S. The zero-order valence-electron chi connectivity index (χ0n) is 20.9. The summed E-state index contributed by atoms with van der Waals surface area (Å²) in [5.41, 5.74) is 5.79. The Bertz CT molecular complexity index is 1350. The zero-order chi connectivity index (χ0) is 27.4. The highest BCUT2D eigenvalue weighted by molar-refractivity contribution is 8.12. The molecule has 0 saturated heterocycles. The fourth-order valence-electron chi connectivity index (χ4n) is 3.29. The highest BCUT2D eigenvalue weighted by atomic mass is 35.5. The molecular weight excluding hydrogens is 521 g/mol. The van der Waals surface area contributed by atoms with Gasteiger partial charge in [-0.3, -0.25) is 14.2 Å². The number of hydrogen-bond acceptors (Lipinski definition) is 7. The van der Waals surface area contributed by atoms with Crippen molar-refractivity contribution in [3.8, 4) is 0 Å². The van der Waals surface area contributed by atoms with Crippen molar-refractivity contribution in [1.29, 1.82) is 0 Å². The van der Waals surface area contributed by atoms with Crippen LogP contribution in [0.3, 0.4) is 0 Å². The summed E-state index contributed by atoms with van der Waals surface area (Å²) in [5.74, 6) is -1.04. The van der Waals surface area contributed by atoms with E-state index in [4.69, 9.17) is 22.1 Å². The molecule has 3 aromatic rings. The SMILES string of the molecule is CC(C)(C)C(=O)OCC(C)(NSC(=O)Nc1c(N)cccc1Cn1cc[nH]c1=O)c1ccc(F)c(Cl)c1. The molecule has 0 bridgehead atoms. The van der Waals surface area contributed by atoms with Gasteiger partial charge in [0, 0.05) is 24.3 Å². The topological polar surface area (TPSA) is 131 Å². The third kappa shape index (κ3) is 7.15. The quantitative estimate of drug-likeness (QED) is 0.179. The molecule has 0 aliphatic rings. The maximum absolute atomic E-state index is 13.8. The van der Waals surface area contributed by atoms with Crippen LogP contribution in [0.5, 0.6) is 0 Å². The second kappa shape index (κ2) is 11.4. The Labute approximate surface area is 223 Å². The van der Waals surface area contributed by atoms with E-state index >= 15 is 0 Å². The van der Waals surface area contributed by atoms with Gasteiger partial charge in [0.25, 0.3) is 5.24 Å². The van der Waals surface area contributed by atoms with Gasteiger partial charge in [0.2, 0.25) is 0 Å². The maximum atomic E-state index is 13.8. The molecule has 2 aromatic carbocycles. The summed E-state index contributed by atoms with van der Waals surface area (Å²) in [5, 5.41) is 2.14. The van der Waals surface area contributed by atoms with Crippen LogP contribution in [0.2, 0.25) is 5.02 Å². The fraction of sp³-hybridized carbons (Fsp3) is 0.320. The number of carbonyl (C=O) groups excluding carboxylic acids is 2. The number of benzene rings is 2. The van der Waals surface area contributed by atoms with Crippen LogP contribution in [0.1, 0.15) is 38.8 Å². The average Bonchev–Trinajstić information content (AvgIpc) is 3.23. The molecule has 37 heavy (non-hydrogen) atoms. The van der Waals surface area contributed by atoms with Gasteiger partial charge in [0.1, 0.15) is 12.4 Å². The van der Waals surface area contributed by atoms with Gasteiger partial charge in [-0.1, -0.05) is 29.8 Å². The molecule has 0 radical (unpaired) electrons. The number of imidazole rings is 1. The molecule has 0 spiro atoms. The standard InChI is InChI=1S/C25H29ClFN5O4S/c1-24(2,3)21(33)36-14-25(4,16-8-9-18(27)17(26)12-16)31-37-23(35)30-20-15(6-5-7-19(20)28)13-32-11-10-29-22(32)34/h5-12,31H,13-14,28H2,1-4H3,(H,29,34)(H,30,35). The molecule has 1 atom stereocenters. The third-order valence-corrected chi connectivity index (χ3v) is 6.63. The van der Waals surface area contributed by atoms with E-state index < -0.39 is 28.0 Å². The Morgan fingerprint density at radius 3 is 2.57 bits per heavy atom. The zero-order valence-corrected chi connectivity index (χ0v) is 22.4. The fourth-order valence-corrected chi connectivity index (χ4v) is 4.11. The van der Waals surface area contributed by atoms with Gasteiger partial charge in [-0.2, -0.15) is 0 Å². The van der Waals surface area contributed by atoms with Crippen molar-refractivity contribution in [3.05, 3.63) is 81.2 Å². The number of anilines is 2. The number of nitrogen functional groups attached to an aromatic ring is 1. The summed E-state index contributed by atoms with van der Waals surface area (Å²) in [7, 11) is 0. The van der Waals surface area contributed by atoms with Gasteiger partial charge in [-0.25, -0.2) is 13.9 Å². The molecule has 9 nitrogen and oxygen atoms in total. The van der Waals surface area contributed by atoms with E-state index in [0.29, 0.717) is 34.4 Å². The van der Waals surface area contributed by atoms with Crippen molar-refractivity contribution in [2.45, 2.75) is 39.8 Å². The van der Waals surface area contributed by atoms with Crippen molar-refractivity contribution in [3.63, 3.8) is 0 Å². The predicted molar refractivity (Wildman–Crippen MR) is 144 cm³/mol. The van der Waals surface area contributed by atoms with Crippen molar-refractivity contribution in [1.82, 2.24) is 14.3 Å². The number of aromatic nitrogens is 2. The van der Waals surface area contributed by atoms with Gasteiger partial charge >= 0.3 is 11.7 Å². The van der Waals surface area contributed by atoms with E-state index in [9.17, 15) is 18.8 Å². The lowest BCUT2D eigenvalue weighted by atomic mass is 9.93.